The number of benzene rings is 1. The molecule has 2 N–H and O–H groups in total. The molecule has 1 aromatic carbocycles. The summed E-state index contributed by atoms with van der Waals surface area (Å²) in [7, 11) is 0. The van der Waals surface area contributed by atoms with Crippen molar-refractivity contribution in [2.75, 3.05) is 11.9 Å². The van der Waals surface area contributed by atoms with E-state index < -0.39 is 35.7 Å². The van der Waals surface area contributed by atoms with Crippen LogP contribution in [0.3, 0.4) is 0 Å². The van der Waals surface area contributed by atoms with E-state index in [0.717, 1.165) is 31.4 Å². The number of carbonyl (C=O) groups excluding carboxylic acids is 2. The second-order valence-electron chi connectivity index (χ2n) is 5.34. The highest BCUT2D eigenvalue weighted by molar-refractivity contribution is 5.93. The Hall–Kier alpha value is -2.02. The highest BCUT2D eigenvalue weighted by atomic mass is 19.1. The van der Waals surface area contributed by atoms with Gasteiger partial charge in [0.2, 0.25) is 0 Å². The summed E-state index contributed by atoms with van der Waals surface area (Å²) in [5.74, 6) is -3.30. The number of hydrogen-bond donors (Lipinski definition) is 2. The van der Waals surface area contributed by atoms with Crippen LogP contribution >= 0.6 is 0 Å². The van der Waals surface area contributed by atoms with E-state index in [0.29, 0.717) is 18.9 Å². The van der Waals surface area contributed by atoms with Crippen molar-refractivity contribution in [2.45, 2.75) is 37.7 Å². The van der Waals surface area contributed by atoms with Crippen molar-refractivity contribution in [3.05, 3.63) is 29.8 Å². The summed E-state index contributed by atoms with van der Waals surface area (Å²) in [4.78, 5) is 23.4. The second-order valence-corrected chi connectivity index (χ2v) is 5.34. The first-order valence-electron chi connectivity index (χ1n) is 7.05. The molecule has 1 fully saturated rings. The molecule has 1 aliphatic rings. The van der Waals surface area contributed by atoms with Gasteiger partial charge in [0.05, 0.1) is 5.69 Å². The number of nitrogens with one attached hydrogen (secondary N) is 1. The van der Waals surface area contributed by atoms with Gasteiger partial charge in [0.25, 0.3) is 5.91 Å². The zero-order valence-electron chi connectivity index (χ0n) is 11.9. The van der Waals surface area contributed by atoms with E-state index in [4.69, 9.17) is 4.74 Å². The van der Waals surface area contributed by atoms with Gasteiger partial charge in [0, 0.05) is 6.07 Å². The van der Waals surface area contributed by atoms with Gasteiger partial charge in [-0.3, -0.25) is 4.79 Å². The fourth-order valence-electron chi connectivity index (χ4n) is 2.38. The number of hydrogen-bond acceptors (Lipinski definition) is 4. The van der Waals surface area contributed by atoms with Gasteiger partial charge in [0.15, 0.2) is 12.2 Å². The third-order valence-electron chi connectivity index (χ3n) is 3.60. The normalized spacial score (nSPS) is 16.9. The summed E-state index contributed by atoms with van der Waals surface area (Å²) in [6.45, 7) is -0.641. The van der Waals surface area contributed by atoms with E-state index >= 15 is 0 Å². The number of anilines is 1. The molecule has 1 amide bonds. The molecule has 0 radical (unpaired) electrons. The zero-order chi connectivity index (χ0) is 16.2. The van der Waals surface area contributed by atoms with Gasteiger partial charge in [-0.2, -0.15) is 0 Å². The lowest BCUT2D eigenvalue weighted by molar-refractivity contribution is -0.170. The minimum Gasteiger partial charge on any atom is -0.453 e. The Bertz CT molecular complexity index is 571. The van der Waals surface area contributed by atoms with Gasteiger partial charge in [0.1, 0.15) is 11.6 Å². The van der Waals surface area contributed by atoms with Crippen LogP contribution in [0, 0.1) is 11.6 Å². The molecule has 0 atom stereocenters. The van der Waals surface area contributed by atoms with E-state index in [-0.39, 0.29) is 5.69 Å². The SMILES string of the molecule is O=C(COC(=O)C1(O)CCCCC1)Nc1ccc(F)cc1F. The molecule has 2 rings (SSSR count). The molecule has 5 nitrogen and oxygen atoms in total. The first-order valence-corrected chi connectivity index (χ1v) is 7.05. The van der Waals surface area contributed by atoms with Crippen molar-refractivity contribution in [3.63, 3.8) is 0 Å². The van der Waals surface area contributed by atoms with Crippen LogP contribution in [0.1, 0.15) is 32.1 Å². The van der Waals surface area contributed by atoms with Crippen LogP contribution in [0.25, 0.3) is 0 Å². The van der Waals surface area contributed by atoms with Crippen LogP contribution in [-0.2, 0) is 14.3 Å². The van der Waals surface area contributed by atoms with E-state index in [1.807, 2.05) is 0 Å². The smallest absolute Gasteiger partial charge is 0.338 e. The van der Waals surface area contributed by atoms with Crippen molar-refractivity contribution in [2.24, 2.45) is 0 Å². The van der Waals surface area contributed by atoms with Gasteiger partial charge in [-0.05, 0) is 37.8 Å². The predicted molar refractivity (Wildman–Crippen MR) is 74.0 cm³/mol. The Labute approximate surface area is 126 Å². The lowest BCUT2D eigenvalue weighted by Crippen LogP contribution is -2.42. The average molecular weight is 313 g/mol. The van der Waals surface area contributed by atoms with Gasteiger partial charge in [-0.25, -0.2) is 13.6 Å². The lowest BCUT2D eigenvalue weighted by Gasteiger charge is -2.29. The van der Waals surface area contributed by atoms with Gasteiger partial charge in [-0.1, -0.05) is 6.42 Å². The molecule has 0 aliphatic heterocycles. The molecule has 0 heterocycles. The first kappa shape index (κ1) is 16.4. The summed E-state index contributed by atoms with van der Waals surface area (Å²) in [5.41, 5.74) is -1.75. The Morgan fingerprint density at radius 3 is 2.55 bits per heavy atom. The number of carbonyl (C=O) groups is 2. The molecular formula is C15H17F2NO4. The molecule has 0 spiro atoms. The Kier molecular flexibility index (Phi) is 5.07. The molecule has 0 bridgehead atoms. The van der Waals surface area contributed by atoms with Gasteiger partial charge >= 0.3 is 5.97 Å². The van der Waals surface area contributed by atoms with Crippen molar-refractivity contribution in [1.29, 1.82) is 0 Å². The quantitative estimate of drug-likeness (QED) is 0.835. The predicted octanol–water partition coefficient (Wildman–Crippen LogP) is 2.14. The lowest BCUT2D eigenvalue weighted by atomic mass is 9.85. The minimum absolute atomic E-state index is 0.209. The van der Waals surface area contributed by atoms with Crippen molar-refractivity contribution in [3.8, 4) is 0 Å². The van der Waals surface area contributed by atoms with Crippen LogP contribution in [0.4, 0.5) is 14.5 Å². The molecule has 1 aromatic rings. The van der Waals surface area contributed by atoms with E-state index in [1.165, 1.54) is 0 Å². The number of rotatable bonds is 4. The van der Waals surface area contributed by atoms with Crippen molar-refractivity contribution < 1.29 is 28.2 Å². The summed E-state index contributed by atoms with van der Waals surface area (Å²) < 4.78 is 30.9. The van der Waals surface area contributed by atoms with Crippen LogP contribution in [0.5, 0.6) is 0 Å². The maximum absolute atomic E-state index is 13.4. The standard InChI is InChI=1S/C15H17F2NO4/c16-10-4-5-12(11(17)8-10)18-13(19)9-22-14(20)15(21)6-2-1-3-7-15/h4-5,8,21H,1-3,6-7,9H2,(H,18,19). The van der Waals surface area contributed by atoms with Crippen LogP contribution < -0.4 is 5.32 Å². The van der Waals surface area contributed by atoms with E-state index in [2.05, 4.69) is 5.32 Å². The number of aliphatic hydroxyl groups is 1. The Balaban J connectivity index is 1.86. The fourth-order valence-corrected chi connectivity index (χ4v) is 2.38. The zero-order valence-corrected chi connectivity index (χ0v) is 11.9. The third kappa shape index (κ3) is 4.00. The molecule has 120 valence electrons. The van der Waals surface area contributed by atoms with E-state index in [1.54, 1.807) is 0 Å². The molecule has 1 saturated carbocycles. The fraction of sp³-hybridized carbons (Fsp3) is 0.467. The van der Waals surface area contributed by atoms with Gasteiger partial charge < -0.3 is 15.2 Å². The van der Waals surface area contributed by atoms with Gasteiger partial charge in [-0.15, -0.1) is 0 Å². The van der Waals surface area contributed by atoms with Crippen molar-refractivity contribution >= 4 is 17.6 Å². The molecule has 0 aromatic heterocycles. The van der Waals surface area contributed by atoms with Crippen LogP contribution in [0.2, 0.25) is 0 Å². The maximum Gasteiger partial charge on any atom is 0.338 e. The Morgan fingerprint density at radius 1 is 1.23 bits per heavy atom. The largest absolute Gasteiger partial charge is 0.453 e. The highest BCUT2D eigenvalue weighted by Crippen LogP contribution is 2.29. The second kappa shape index (κ2) is 6.83. The molecule has 22 heavy (non-hydrogen) atoms. The number of halogens is 2. The summed E-state index contributed by atoms with van der Waals surface area (Å²) in [6, 6.07) is 2.70. The molecular weight excluding hydrogens is 296 g/mol. The van der Waals surface area contributed by atoms with Crippen molar-refractivity contribution in [1.82, 2.24) is 0 Å². The maximum atomic E-state index is 13.4. The number of amides is 1. The molecule has 0 unspecified atom stereocenters. The highest BCUT2D eigenvalue weighted by Gasteiger charge is 2.38. The van der Waals surface area contributed by atoms with E-state index in [9.17, 15) is 23.5 Å². The average Bonchev–Trinajstić information content (AvgIpc) is 2.48. The Morgan fingerprint density at radius 2 is 1.91 bits per heavy atom. The summed E-state index contributed by atoms with van der Waals surface area (Å²) in [5, 5.41) is 12.3. The van der Waals surface area contributed by atoms with Crippen LogP contribution in [-0.4, -0.2) is 29.2 Å². The number of ether oxygens (including phenoxy) is 1. The topological polar surface area (TPSA) is 75.6 Å². The monoisotopic (exact) mass is 313 g/mol. The third-order valence-corrected chi connectivity index (χ3v) is 3.60. The molecule has 0 saturated heterocycles. The molecule has 1 aliphatic carbocycles. The molecule has 7 heteroatoms. The number of esters is 1. The van der Waals surface area contributed by atoms with Crippen LogP contribution in [0.15, 0.2) is 18.2 Å². The first-order chi connectivity index (χ1) is 10.4. The summed E-state index contributed by atoms with van der Waals surface area (Å²) in [6.07, 6.45) is 3.00. The summed E-state index contributed by atoms with van der Waals surface area (Å²) >= 11 is 0. The minimum atomic E-state index is -1.54.